The van der Waals surface area contributed by atoms with E-state index in [1.165, 1.54) is 0 Å². The summed E-state index contributed by atoms with van der Waals surface area (Å²) in [6.07, 6.45) is -0.0525. The normalized spacial score (nSPS) is 11.1. The number of carboxylic acid groups (broad SMARTS) is 1. The lowest BCUT2D eigenvalue weighted by atomic mass is 9.99. The van der Waals surface area contributed by atoms with Crippen LogP contribution in [-0.4, -0.2) is 27.8 Å². The summed E-state index contributed by atoms with van der Waals surface area (Å²) < 4.78 is 11.2. The van der Waals surface area contributed by atoms with Crippen LogP contribution < -0.4 is 9.47 Å². The fourth-order valence-electron chi connectivity index (χ4n) is 4.62. The topological polar surface area (TPSA) is 84.4 Å². The molecule has 0 aliphatic rings. The molecule has 2 aromatic heterocycles. The smallest absolute Gasteiger partial charge is 0.493 e. The number of para-hydroxylation sites is 1. The zero-order chi connectivity index (χ0) is 24.4. The summed E-state index contributed by atoms with van der Waals surface area (Å²) in [4.78, 5) is 19.2. The standard InChI is InChI=1S/C29H26N2O4/c1-18-15-16-21(19(2)30-18)23-11-6-12-24-25(28(31-27(23)24)35-29(32)33)13-7-17-34-26-14-5-9-20-8-3-4-10-22(20)26/h3-6,8-12,14-16,31H,7,13,17H2,1-2H3,(H,32,33). The van der Waals surface area contributed by atoms with E-state index in [1.54, 1.807) is 0 Å². The van der Waals surface area contributed by atoms with Crippen molar-refractivity contribution in [1.82, 2.24) is 9.97 Å². The molecule has 5 aromatic rings. The Morgan fingerprint density at radius 2 is 1.69 bits per heavy atom. The van der Waals surface area contributed by atoms with Crippen LogP contribution in [0.1, 0.15) is 23.4 Å². The largest absolute Gasteiger partial charge is 0.512 e. The Labute approximate surface area is 203 Å². The molecular weight excluding hydrogens is 440 g/mol. The van der Waals surface area contributed by atoms with Gasteiger partial charge in [0.15, 0.2) is 0 Å². The van der Waals surface area contributed by atoms with Gasteiger partial charge < -0.3 is 19.6 Å². The number of aromatic amines is 1. The molecule has 0 saturated heterocycles. The number of pyridine rings is 1. The molecule has 6 heteroatoms. The molecule has 2 N–H and O–H groups in total. The van der Waals surface area contributed by atoms with Crippen molar-refractivity contribution in [2.75, 3.05) is 6.61 Å². The second-order valence-corrected chi connectivity index (χ2v) is 8.54. The lowest BCUT2D eigenvalue weighted by molar-refractivity contribution is 0.142. The van der Waals surface area contributed by atoms with Gasteiger partial charge in [0.25, 0.3) is 0 Å². The second-order valence-electron chi connectivity index (χ2n) is 8.54. The summed E-state index contributed by atoms with van der Waals surface area (Å²) in [7, 11) is 0. The molecule has 0 spiro atoms. The van der Waals surface area contributed by atoms with E-state index in [4.69, 9.17) is 9.47 Å². The van der Waals surface area contributed by atoms with Crippen molar-refractivity contribution in [2.24, 2.45) is 0 Å². The first kappa shape index (κ1) is 22.5. The average molecular weight is 467 g/mol. The van der Waals surface area contributed by atoms with E-state index in [0.717, 1.165) is 55.5 Å². The van der Waals surface area contributed by atoms with Crippen LogP contribution in [0.25, 0.3) is 32.8 Å². The van der Waals surface area contributed by atoms with E-state index in [0.29, 0.717) is 19.4 Å². The number of hydrogen-bond donors (Lipinski definition) is 2. The third-order valence-corrected chi connectivity index (χ3v) is 6.19. The Bertz CT molecular complexity index is 1530. The second kappa shape index (κ2) is 9.50. The molecule has 5 rings (SSSR count). The minimum Gasteiger partial charge on any atom is -0.493 e. The first-order chi connectivity index (χ1) is 17.0. The van der Waals surface area contributed by atoms with Crippen LogP contribution in [0.5, 0.6) is 11.6 Å². The summed E-state index contributed by atoms with van der Waals surface area (Å²) in [5, 5.41) is 12.5. The number of H-pyrrole nitrogens is 1. The van der Waals surface area contributed by atoms with Crippen molar-refractivity contribution in [3.05, 3.63) is 89.7 Å². The van der Waals surface area contributed by atoms with Crippen molar-refractivity contribution in [2.45, 2.75) is 26.7 Å². The molecule has 0 bridgehead atoms. The van der Waals surface area contributed by atoms with Gasteiger partial charge in [-0.05, 0) is 44.2 Å². The molecule has 0 unspecified atom stereocenters. The van der Waals surface area contributed by atoms with Crippen LogP contribution in [0, 0.1) is 13.8 Å². The predicted octanol–water partition coefficient (Wildman–Crippen LogP) is 7.07. The van der Waals surface area contributed by atoms with Crippen molar-refractivity contribution in [3.8, 4) is 22.8 Å². The number of ether oxygens (including phenoxy) is 2. The van der Waals surface area contributed by atoms with Crippen LogP contribution >= 0.6 is 0 Å². The zero-order valence-corrected chi connectivity index (χ0v) is 19.7. The summed E-state index contributed by atoms with van der Waals surface area (Å²) in [6.45, 7) is 4.43. The van der Waals surface area contributed by atoms with Gasteiger partial charge >= 0.3 is 6.16 Å². The molecule has 0 amide bonds. The average Bonchev–Trinajstić information content (AvgIpc) is 3.18. The summed E-state index contributed by atoms with van der Waals surface area (Å²) >= 11 is 0. The molecule has 35 heavy (non-hydrogen) atoms. The van der Waals surface area contributed by atoms with Crippen molar-refractivity contribution >= 4 is 27.8 Å². The lowest BCUT2D eigenvalue weighted by Gasteiger charge is -2.10. The van der Waals surface area contributed by atoms with Crippen LogP contribution in [0.15, 0.2) is 72.8 Å². The van der Waals surface area contributed by atoms with Crippen molar-refractivity contribution in [3.63, 3.8) is 0 Å². The number of aryl methyl sites for hydroxylation is 3. The van der Waals surface area contributed by atoms with E-state index < -0.39 is 6.16 Å². The molecular formula is C29H26N2O4. The van der Waals surface area contributed by atoms with E-state index >= 15 is 0 Å². The molecule has 6 nitrogen and oxygen atoms in total. The van der Waals surface area contributed by atoms with Crippen LogP contribution in [0.2, 0.25) is 0 Å². The quantitative estimate of drug-likeness (QED) is 0.198. The Kier molecular flexibility index (Phi) is 6.10. The van der Waals surface area contributed by atoms with Gasteiger partial charge in [0, 0.05) is 38.9 Å². The number of nitrogens with zero attached hydrogens (tertiary/aromatic N) is 1. The van der Waals surface area contributed by atoms with Crippen molar-refractivity contribution < 1.29 is 19.4 Å². The maximum atomic E-state index is 11.4. The van der Waals surface area contributed by atoms with Gasteiger partial charge in [0.2, 0.25) is 5.88 Å². The third kappa shape index (κ3) is 4.55. The number of fused-ring (bicyclic) bond motifs is 2. The molecule has 0 aliphatic carbocycles. The highest BCUT2D eigenvalue weighted by Crippen LogP contribution is 2.36. The maximum Gasteiger partial charge on any atom is 0.512 e. The summed E-state index contributed by atoms with van der Waals surface area (Å²) in [6, 6.07) is 24.1. The number of rotatable bonds is 7. The number of nitrogens with one attached hydrogen (secondary N) is 1. The highest BCUT2D eigenvalue weighted by Gasteiger charge is 2.19. The van der Waals surface area contributed by atoms with Gasteiger partial charge in [-0.1, -0.05) is 60.7 Å². The number of hydrogen-bond acceptors (Lipinski definition) is 4. The number of aromatic nitrogens is 2. The molecule has 176 valence electrons. The Hall–Kier alpha value is -4.32. The van der Waals surface area contributed by atoms with E-state index in [9.17, 15) is 9.90 Å². The highest BCUT2D eigenvalue weighted by molar-refractivity contribution is 5.98. The summed E-state index contributed by atoms with van der Waals surface area (Å²) in [5.41, 5.74) is 5.48. The first-order valence-electron chi connectivity index (χ1n) is 11.6. The van der Waals surface area contributed by atoms with Crippen molar-refractivity contribution in [1.29, 1.82) is 0 Å². The molecule has 0 fully saturated rings. The molecule has 0 saturated carbocycles. The van der Waals surface area contributed by atoms with Crippen LogP contribution in [0.4, 0.5) is 4.79 Å². The minimum atomic E-state index is -1.35. The number of benzene rings is 3. The molecule has 0 radical (unpaired) electrons. The zero-order valence-electron chi connectivity index (χ0n) is 19.7. The van der Waals surface area contributed by atoms with Gasteiger partial charge in [0.05, 0.1) is 12.1 Å². The van der Waals surface area contributed by atoms with Gasteiger partial charge in [0.1, 0.15) is 5.75 Å². The van der Waals surface area contributed by atoms with E-state index in [2.05, 4.69) is 22.1 Å². The van der Waals surface area contributed by atoms with Gasteiger partial charge in [-0.25, -0.2) is 4.79 Å². The Balaban J connectivity index is 1.43. The lowest BCUT2D eigenvalue weighted by Crippen LogP contribution is -2.06. The fourth-order valence-corrected chi connectivity index (χ4v) is 4.62. The van der Waals surface area contributed by atoms with E-state index in [-0.39, 0.29) is 5.88 Å². The molecule has 2 heterocycles. The Morgan fingerprint density at radius 3 is 2.51 bits per heavy atom. The SMILES string of the molecule is Cc1ccc(-c2cccc3c(CCCOc4cccc5ccccc45)c(OC(=O)O)[nH]c23)c(C)n1. The number of carbonyl (C=O) groups is 1. The monoisotopic (exact) mass is 466 g/mol. The molecule has 0 atom stereocenters. The predicted molar refractivity (Wildman–Crippen MR) is 137 cm³/mol. The molecule has 3 aromatic carbocycles. The third-order valence-electron chi connectivity index (χ3n) is 6.19. The van der Waals surface area contributed by atoms with Gasteiger partial charge in [-0.15, -0.1) is 0 Å². The van der Waals surface area contributed by atoms with Gasteiger partial charge in [-0.3, -0.25) is 4.98 Å². The van der Waals surface area contributed by atoms with Gasteiger partial charge in [-0.2, -0.15) is 0 Å². The highest BCUT2D eigenvalue weighted by atomic mass is 16.7. The minimum absolute atomic E-state index is 0.253. The fraction of sp³-hybridized carbons (Fsp3) is 0.172. The molecule has 0 aliphatic heterocycles. The summed E-state index contributed by atoms with van der Waals surface area (Å²) in [5.74, 6) is 1.09. The van der Waals surface area contributed by atoms with Crippen LogP contribution in [-0.2, 0) is 6.42 Å². The maximum absolute atomic E-state index is 11.4. The Morgan fingerprint density at radius 1 is 0.914 bits per heavy atom. The first-order valence-corrected chi connectivity index (χ1v) is 11.6. The van der Waals surface area contributed by atoms with Crippen LogP contribution in [0.3, 0.4) is 0 Å². The van der Waals surface area contributed by atoms with E-state index in [1.807, 2.05) is 74.5 Å².